The fourth-order valence-corrected chi connectivity index (χ4v) is 4.76. The molecule has 6 heteroatoms. The van der Waals surface area contributed by atoms with Gasteiger partial charge < -0.3 is 14.4 Å². The Bertz CT molecular complexity index is 1290. The van der Waals surface area contributed by atoms with Gasteiger partial charge >= 0.3 is 0 Å². The molecule has 0 atom stereocenters. The van der Waals surface area contributed by atoms with Crippen LogP contribution in [-0.2, 0) is 30.7 Å². The first-order valence-electron chi connectivity index (χ1n) is 9.74. The zero-order valence-corrected chi connectivity index (χ0v) is 16.4. The highest BCUT2D eigenvalue weighted by molar-refractivity contribution is 5.92. The molecular formula is C23H21FN2O3. The molecule has 2 aliphatic rings. The van der Waals surface area contributed by atoms with Crippen LogP contribution >= 0.6 is 0 Å². The molecule has 1 aliphatic heterocycles. The second-order valence-corrected chi connectivity index (χ2v) is 7.89. The van der Waals surface area contributed by atoms with E-state index in [1.807, 2.05) is 19.9 Å². The molecule has 0 bridgehead atoms. The lowest BCUT2D eigenvalue weighted by molar-refractivity contribution is 0.0838. The van der Waals surface area contributed by atoms with Crippen molar-refractivity contribution in [1.29, 1.82) is 0 Å². The summed E-state index contributed by atoms with van der Waals surface area (Å²) in [6, 6.07) is 3.44. The molecule has 0 saturated carbocycles. The van der Waals surface area contributed by atoms with Gasteiger partial charge in [-0.15, -0.1) is 0 Å². The third-order valence-electron chi connectivity index (χ3n) is 6.24. The van der Waals surface area contributed by atoms with Crippen molar-refractivity contribution in [3.8, 4) is 11.4 Å². The van der Waals surface area contributed by atoms with Gasteiger partial charge in [-0.05, 0) is 68.0 Å². The zero-order chi connectivity index (χ0) is 20.4. The van der Waals surface area contributed by atoms with E-state index in [0.29, 0.717) is 23.2 Å². The van der Waals surface area contributed by atoms with Crippen LogP contribution in [0.1, 0.15) is 39.8 Å². The quantitative estimate of drug-likeness (QED) is 0.531. The third kappa shape index (κ3) is 2.51. The van der Waals surface area contributed by atoms with E-state index in [0.717, 1.165) is 52.7 Å². The monoisotopic (exact) mass is 392 g/mol. The van der Waals surface area contributed by atoms with E-state index in [1.54, 1.807) is 4.57 Å². The largest absolute Gasteiger partial charge is 0.481 e. The van der Waals surface area contributed by atoms with Crippen molar-refractivity contribution in [3.63, 3.8) is 0 Å². The van der Waals surface area contributed by atoms with E-state index >= 15 is 0 Å². The average Bonchev–Trinajstić information content (AvgIpc) is 3.04. The van der Waals surface area contributed by atoms with E-state index in [1.165, 1.54) is 11.6 Å². The first-order valence-corrected chi connectivity index (χ1v) is 9.74. The number of rotatable bonds is 3. The van der Waals surface area contributed by atoms with Gasteiger partial charge in [0.05, 0.1) is 29.0 Å². The smallest absolute Gasteiger partial charge is 0.269 e. The molecule has 5 rings (SSSR count). The fraction of sp³-hybridized carbons (Fsp3) is 0.304. The molecule has 0 radical (unpaired) electrons. The van der Waals surface area contributed by atoms with Crippen molar-refractivity contribution in [2.75, 3.05) is 0 Å². The predicted molar refractivity (Wildman–Crippen MR) is 109 cm³/mol. The highest BCUT2D eigenvalue weighted by atomic mass is 19.1. The van der Waals surface area contributed by atoms with Crippen LogP contribution in [0.15, 0.2) is 29.5 Å². The summed E-state index contributed by atoms with van der Waals surface area (Å²) >= 11 is 0. The summed E-state index contributed by atoms with van der Waals surface area (Å²) in [4.78, 5) is 17.9. The molecular weight excluding hydrogens is 371 g/mol. The number of fused-ring (bicyclic) bond motifs is 4. The molecule has 0 fully saturated rings. The summed E-state index contributed by atoms with van der Waals surface area (Å²) in [6.45, 7) is 7.38. The Balaban J connectivity index is 1.75. The standard InChI is InChI=1S/C23H21FN2O3/c1-11-7-20-22-16(9-26(20)23(28)17(11)10-29-13(3)27)15-6-4-5-14-12(2)18(24)8-19(25-22)21(14)15/h7-8,27H,3-6,9-10H2,1-2H3. The van der Waals surface area contributed by atoms with E-state index in [4.69, 9.17) is 9.72 Å². The number of nitrogens with zero attached hydrogens (tertiary/aromatic N) is 2. The number of hydrogen-bond acceptors (Lipinski definition) is 4. The molecule has 1 aliphatic carbocycles. The van der Waals surface area contributed by atoms with Crippen LogP contribution in [0.2, 0.25) is 0 Å². The Hall–Kier alpha value is -3.15. The number of aromatic nitrogens is 2. The number of pyridine rings is 2. The van der Waals surface area contributed by atoms with Gasteiger partial charge in [0.1, 0.15) is 12.4 Å². The second-order valence-electron chi connectivity index (χ2n) is 7.89. The Labute approximate surface area is 167 Å². The van der Waals surface area contributed by atoms with Crippen LogP contribution in [-0.4, -0.2) is 14.7 Å². The number of aryl methyl sites for hydroxylation is 3. The molecule has 3 heterocycles. The van der Waals surface area contributed by atoms with Gasteiger partial charge in [-0.25, -0.2) is 9.37 Å². The number of ether oxygens (including phenoxy) is 1. The second kappa shape index (κ2) is 6.17. The normalized spacial score (nSPS) is 14.0. The lowest BCUT2D eigenvalue weighted by Crippen LogP contribution is -2.24. The average molecular weight is 392 g/mol. The lowest BCUT2D eigenvalue weighted by atomic mass is 9.85. The Kier molecular flexibility index (Phi) is 3.81. The number of benzene rings is 1. The van der Waals surface area contributed by atoms with Gasteiger partial charge in [0.15, 0.2) is 0 Å². The maximum atomic E-state index is 14.5. The number of halogens is 1. The molecule has 0 amide bonds. The SMILES string of the molecule is C=C(O)OCc1c(C)cc2n(c1=O)Cc1c-2nc2cc(F)c(C)c3c2c1CCC3. The van der Waals surface area contributed by atoms with Crippen LogP contribution < -0.4 is 5.56 Å². The summed E-state index contributed by atoms with van der Waals surface area (Å²) in [7, 11) is 0. The van der Waals surface area contributed by atoms with Crippen molar-refractivity contribution in [3.05, 3.63) is 74.2 Å². The van der Waals surface area contributed by atoms with Crippen molar-refractivity contribution in [2.24, 2.45) is 0 Å². The number of aliphatic hydroxyl groups is 1. The molecule has 5 nitrogen and oxygen atoms in total. The van der Waals surface area contributed by atoms with Crippen LogP contribution in [0, 0.1) is 19.7 Å². The summed E-state index contributed by atoms with van der Waals surface area (Å²) < 4.78 is 21.3. The molecule has 0 saturated heterocycles. The predicted octanol–water partition coefficient (Wildman–Crippen LogP) is 4.22. The van der Waals surface area contributed by atoms with Gasteiger partial charge in [-0.1, -0.05) is 0 Å². The zero-order valence-electron chi connectivity index (χ0n) is 16.4. The van der Waals surface area contributed by atoms with Crippen LogP contribution in [0.25, 0.3) is 22.3 Å². The third-order valence-corrected chi connectivity index (χ3v) is 6.24. The molecule has 0 unspecified atom stereocenters. The highest BCUT2D eigenvalue weighted by Gasteiger charge is 2.30. The summed E-state index contributed by atoms with van der Waals surface area (Å²) in [5, 5.41) is 10.3. The molecule has 148 valence electrons. The van der Waals surface area contributed by atoms with Crippen molar-refractivity contribution in [1.82, 2.24) is 9.55 Å². The lowest BCUT2D eigenvalue weighted by Gasteiger charge is -2.21. The van der Waals surface area contributed by atoms with Gasteiger partial charge in [0.25, 0.3) is 11.5 Å². The van der Waals surface area contributed by atoms with Gasteiger partial charge in [0.2, 0.25) is 0 Å². The number of hydrogen-bond donors (Lipinski definition) is 1. The topological polar surface area (TPSA) is 64.3 Å². The first kappa shape index (κ1) is 17.9. The van der Waals surface area contributed by atoms with Crippen LogP contribution in [0.3, 0.4) is 0 Å². The minimum Gasteiger partial charge on any atom is -0.481 e. The first-order chi connectivity index (χ1) is 13.9. The minimum absolute atomic E-state index is 0.0343. The molecule has 2 aromatic heterocycles. The minimum atomic E-state index is -0.417. The van der Waals surface area contributed by atoms with Crippen molar-refractivity contribution < 1.29 is 14.2 Å². The molecule has 1 aromatic carbocycles. The molecule has 1 N–H and O–H groups in total. The molecule has 3 aromatic rings. The van der Waals surface area contributed by atoms with Gasteiger partial charge in [-0.3, -0.25) is 4.79 Å². The van der Waals surface area contributed by atoms with Gasteiger partial charge in [-0.2, -0.15) is 0 Å². The summed E-state index contributed by atoms with van der Waals surface area (Å²) in [5.74, 6) is -0.643. The van der Waals surface area contributed by atoms with Crippen LogP contribution in [0.4, 0.5) is 4.39 Å². The molecule has 29 heavy (non-hydrogen) atoms. The molecule has 0 spiro atoms. The summed E-state index contributed by atoms with van der Waals surface area (Å²) in [5.41, 5.74) is 7.27. The van der Waals surface area contributed by atoms with E-state index < -0.39 is 5.95 Å². The van der Waals surface area contributed by atoms with E-state index in [9.17, 15) is 14.3 Å². The Morgan fingerprint density at radius 1 is 1.28 bits per heavy atom. The van der Waals surface area contributed by atoms with Crippen molar-refractivity contribution in [2.45, 2.75) is 46.3 Å². The fourth-order valence-electron chi connectivity index (χ4n) is 4.76. The maximum absolute atomic E-state index is 14.5. The highest BCUT2D eigenvalue weighted by Crippen LogP contribution is 2.41. The van der Waals surface area contributed by atoms with E-state index in [-0.39, 0.29) is 18.0 Å². The Morgan fingerprint density at radius 2 is 2.03 bits per heavy atom. The Morgan fingerprint density at radius 3 is 2.79 bits per heavy atom. The van der Waals surface area contributed by atoms with Gasteiger partial charge in [0, 0.05) is 17.0 Å². The summed E-state index contributed by atoms with van der Waals surface area (Å²) in [6.07, 6.45) is 2.72. The van der Waals surface area contributed by atoms with Crippen LogP contribution in [0.5, 0.6) is 0 Å². The van der Waals surface area contributed by atoms with Crippen molar-refractivity contribution >= 4 is 10.9 Å². The maximum Gasteiger partial charge on any atom is 0.269 e. The number of aliphatic hydroxyl groups excluding tert-OH is 1. The van der Waals surface area contributed by atoms with E-state index in [2.05, 4.69) is 6.58 Å².